The summed E-state index contributed by atoms with van der Waals surface area (Å²) in [4.78, 5) is 0. The molecule has 0 aliphatic rings. The smallest absolute Gasteiger partial charge is 0.131 e. The number of halogens is 2. The normalized spacial score (nSPS) is 14.1. The molecule has 0 radical (unpaired) electrons. The maximum atomic E-state index is 14.0. The van der Waals surface area contributed by atoms with Gasteiger partial charge in [0.15, 0.2) is 0 Å². The fourth-order valence-electron chi connectivity index (χ4n) is 2.39. The van der Waals surface area contributed by atoms with Crippen LogP contribution in [0.3, 0.4) is 0 Å². The molecule has 0 unspecified atom stereocenters. The van der Waals surface area contributed by atoms with Crippen molar-refractivity contribution >= 4 is 11.6 Å². The molecule has 0 spiro atoms. The maximum absolute atomic E-state index is 14.0. The Balaban J connectivity index is 2.43. The average molecular weight is 293 g/mol. The van der Waals surface area contributed by atoms with Gasteiger partial charge in [0.05, 0.1) is 0 Å². The molecular formula is C17H18ClFO. The zero-order chi connectivity index (χ0) is 14.8. The van der Waals surface area contributed by atoms with Crippen molar-refractivity contribution in [3.05, 3.63) is 70.0 Å². The Hall–Kier alpha value is -1.38. The Morgan fingerprint density at radius 3 is 2.35 bits per heavy atom. The van der Waals surface area contributed by atoms with E-state index in [9.17, 15) is 9.50 Å². The van der Waals surface area contributed by atoms with Crippen LogP contribution in [0, 0.1) is 5.82 Å². The van der Waals surface area contributed by atoms with Gasteiger partial charge in [0.2, 0.25) is 0 Å². The fourth-order valence-corrected chi connectivity index (χ4v) is 2.74. The number of aryl methyl sites for hydroxylation is 1. The van der Waals surface area contributed by atoms with E-state index in [4.69, 9.17) is 11.6 Å². The van der Waals surface area contributed by atoms with Gasteiger partial charge in [-0.15, -0.1) is 0 Å². The number of rotatable bonds is 4. The van der Waals surface area contributed by atoms with Crippen molar-refractivity contribution in [1.82, 2.24) is 0 Å². The molecule has 1 N–H and O–H groups in total. The Bertz CT molecular complexity index is 570. The van der Waals surface area contributed by atoms with Crippen LogP contribution in [0.4, 0.5) is 4.39 Å². The van der Waals surface area contributed by atoms with Crippen LogP contribution in [0.1, 0.15) is 37.0 Å². The highest BCUT2D eigenvalue weighted by atomic mass is 35.5. The third-order valence-corrected chi connectivity index (χ3v) is 3.82. The van der Waals surface area contributed by atoms with Gasteiger partial charge in [-0.1, -0.05) is 55.3 Å². The van der Waals surface area contributed by atoms with Crippen molar-refractivity contribution in [2.24, 2.45) is 0 Å². The molecule has 0 aliphatic heterocycles. The Morgan fingerprint density at radius 2 is 1.80 bits per heavy atom. The topological polar surface area (TPSA) is 20.2 Å². The lowest BCUT2D eigenvalue weighted by Crippen LogP contribution is -2.24. The summed E-state index contributed by atoms with van der Waals surface area (Å²) in [6.07, 6.45) is 2.05. The Labute approximate surface area is 124 Å². The van der Waals surface area contributed by atoms with Crippen molar-refractivity contribution in [1.29, 1.82) is 0 Å². The van der Waals surface area contributed by atoms with Crippen LogP contribution in [0.25, 0.3) is 0 Å². The highest BCUT2D eigenvalue weighted by Crippen LogP contribution is 2.35. The van der Waals surface area contributed by atoms with Crippen LogP contribution in [0.5, 0.6) is 0 Å². The molecule has 3 heteroatoms. The van der Waals surface area contributed by atoms with E-state index >= 15 is 0 Å². The monoisotopic (exact) mass is 292 g/mol. The summed E-state index contributed by atoms with van der Waals surface area (Å²) in [6, 6.07) is 12.0. The van der Waals surface area contributed by atoms with Crippen molar-refractivity contribution < 1.29 is 9.50 Å². The molecule has 0 saturated carbocycles. The van der Waals surface area contributed by atoms with E-state index in [1.807, 2.05) is 24.3 Å². The van der Waals surface area contributed by atoms with Crippen molar-refractivity contribution in [2.75, 3.05) is 0 Å². The molecule has 1 atom stereocenters. The highest BCUT2D eigenvalue weighted by Gasteiger charge is 2.31. The van der Waals surface area contributed by atoms with Gasteiger partial charge >= 0.3 is 0 Å². The minimum atomic E-state index is -1.45. The van der Waals surface area contributed by atoms with Gasteiger partial charge < -0.3 is 5.11 Å². The minimum Gasteiger partial charge on any atom is -0.381 e. The maximum Gasteiger partial charge on any atom is 0.131 e. The summed E-state index contributed by atoms with van der Waals surface area (Å²) in [5, 5.41) is 10.9. The van der Waals surface area contributed by atoms with E-state index in [0.717, 1.165) is 12.8 Å². The Kier molecular flexibility index (Phi) is 4.46. The van der Waals surface area contributed by atoms with Crippen LogP contribution >= 0.6 is 11.6 Å². The van der Waals surface area contributed by atoms with E-state index < -0.39 is 11.4 Å². The highest BCUT2D eigenvalue weighted by molar-refractivity contribution is 6.31. The van der Waals surface area contributed by atoms with Crippen molar-refractivity contribution in [2.45, 2.75) is 32.3 Å². The molecule has 0 aliphatic carbocycles. The van der Waals surface area contributed by atoms with Gasteiger partial charge in [-0.25, -0.2) is 4.39 Å². The first kappa shape index (κ1) is 15.0. The van der Waals surface area contributed by atoms with Crippen LogP contribution in [-0.4, -0.2) is 5.11 Å². The molecule has 2 aromatic rings. The minimum absolute atomic E-state index is 0.116. The van der Waals surface area contributed by atoms with Crippen LogP contribution in [0.2, 0.25) is 5.02 Å². The first-order valence-electron chi connectivity index (χ1n) is 6.73. The van der Waals surface area contributed by atoms with Gasteiger partial charge in [0.25, 0.3) is 0 Å². The Morgan fingerprint density at radius 1 is 1.15 bits per heavy atom. The number of benzene rings is 2. The standard InChI is InChI=1S/C17H18ClFO/c1-3-5-12-8-10-13(11-9-12)17(2,20)16-14(18)6-4-7-15(16)19/h4,6-11,20H,3,5H2,1-2H3/t17-/m1/s1. The molecule has 0 bridgehead atoms. The second kappa shape index (κ2) is 5.94. The number of hydrogen-bond donors (Lipinski definition) is 1. The van der Waals surface area contributed by atoms with Gasteiger partial charge in [-0.2, -0.15) is 0 Å². The summed E-state index contributed by atoms with van der Waals surface area (Å²) in [5.74, 6) is -0.500. The summed E-state index contributed by atoms with van der Waals surface area (Å²) < 4.78 is 14.0. The van der Waals surface area contributed by atoms with Crippen molar-refractivity contribution in [3.8, 4) is 0 Å². The van der Waals surface area contributed by atoms with Crippen LogP contribution in [-0.2, 0) is 12.0 Å². The number of aliphatic hydroxyl groups is 1. The second-order valence-electron chi connectivity index (χ2n) is 5.12. The fraction of sp³-hybridized carbons (Fsp3) is 0.294. The molecule has 0 saturated heterocycles. The summed E-state index contributed by atoms with van der Waals surface area (Å²) >= 11 is 6.04. The molecule has 0 fully saturated rings. The van der Waals surface area contributed by atoms with E-state index in [-0.39, 0.29) is 10.6 Å². The first-order valence-corrected chi connectivity index (χ1v) is 7.11. The predicted octanol–water partition coefficient (Wildman–Crippen LogP) is 4.69. The molecule has 0 aromatic heterocycles. The van der Waals surface area contributed by atoms with E-state index in [1.165, 1.54) is 17.7 Å². The van der Waals surface area contributed by atoms with Crippen molar-refractivity contribution in [3.63, 3.8) is 0 Å². The molecule has 106 valence electrons. The molecule has 1 nitrogen and oxygen atoms in total. The summed E-state index contributed by atoms with van der Waals surface area (Å²) in [6.45, 7) is 3.68. The number of hydrogen-bond acceptors (Lipinski definition) is 1. The van der Waals surface area contributed by atoms with E-state index in [1.54, 1.807) is 13.0 Å². The lowest BCUT2D eigenvalue weighted by molar-refractivity contribution is 0.0980. The first-order chi connectivity index (χ1) is 9.46. The lowest BCUT2D eigenvalue weighted by Gasteiger charge is -2.26. The molecule has 0 heterocycles. The van der Waals surface area contributed by atoms with E-state index in [2.05, 4.69) is 6.92 Å². The molecule has 20 heavy (non-hydrogen) atoms. The molecule has 2 aromatic carbocycles. The summed E-state index contributed by atoms with van der Waals surface area (Å²) in [5.41, 5.74) is 0.494. The molecule has 2 rings (SSSR count). The quantitative estimate of drug-likeness (QED) is 0.867. The zero-order valence-corrected chi connectivity index (χ0v) is 12.4. The SMILES string of the molecule is CCCc1ccc([C@@](C)(O)c2c(F)cccc2Cl)cc1. The van der Waals surface area contributed by atoms with Gasteiger partial charge in [-0.05, 0) is 36.6 Å². The van der Waals surface area contributed by atoms with Crippen LogP contribution in [0.15, 0.2) is 42.5 Å². The lowest BCUT2D eigenvalue weighted by atomic mass is 9.87. The summed E-state index contributed by atoms with van der Waals surface area (Å²) in [7, 11) is 0. The third kappa shape index (κ3) is 2.87. The zero-order valence-electron chi connectivity index (χ0n) is 11.7. The average Bonchev–Trinajstić information content (AvgIpc) is 2.39. The van der Waals surface area contributed by atoms with E-state index in [0.29, 0.717) is 5.56 Å². The molecular weight excluding hydrogens is 275 g/mol. The second-order valence-corrected chi connectivity index (χ2v) is 5.52. The van der Waals surface area contributed by atoms with Crippen LogP contribution < -0.4 is 0 Å². The molecule has 0 amide bonds. The van der Waals surface area contributed by atoms with Gasteiger partial charge in [-0.3, -0.25) is 0 Å². The predicted molar refractivity (Wildman–Crippen MR) is 80.5 cm³/mol. The van der Waals surface area contributed by atoms with Gasteiger partial charge in [0.1, 0.15) is 11.4 Å². The van der Waals surface area contributed by atoms with Gasteiger partial charge in [0, 0.05) is 10.6 Å². The third-order valence-electron chi connectivity index (χ3n) is 3.50. The largest absolute Gasteiger partial charge is 0.381 e.